The first-order chi connectivity index (χ1) is 19.7. The Bertz CT molecular complexity index is 1830. The summed E-state index contributed by atoms with van der Waals surface area (Å²) in [6.07, 6.45) is 8.13. The summed E-state index contributed by atoms with van der Waals surface area (Å²) in [7, 11) is 3.31. The molecule has 1 aliphatic heterocycles. The van der Waals surface area contributed by atoms with Gasteiger partial charge < -0.3 is 25.2 Å². The molecule has 3 N–H and O–H groups in total. The van der Waals surface area contributed by atoms with Crippen LogP contribution in [-0.2, 0) is 13.5 Å². The summed E-state index contributed by atoms with van der Waals surface area (Å²) >= 11 is 0. The number of halogens is 2. The highest BCUT2D eigenvalue weighted by molar-refractivity contribution is 5.98. The van der Waals surface area contributed by atoms with Crippen molar-refractivity contribution in [2.75, 3.05) is 30.4 Å². The molecule has 1 aromatic carbocycles. The lowest BCUT2D eigenvalue weighted by molar-refractivity contribution is 0.0695. The number of benzene rings is 1. The Kier molecular flexibility index (Phi) is 5.82. The average Bonchev–Trinajstić information content (AvgIpc) is 3.51. The average molecular weight is 559 g/mol. The molecule has 0 radical (unpaired) electrons. The zero-order chi connectivity index (χ0) is 28.6. The zero-order valence-electron chi connectivity index (χ0n) is 22.6. The number of aromatic nitrogens is 3. The highest BCUT2D eigenvalue weighted by Crippen LogP contribution is 2.50. The van der Waals surface area contributed by atoms with Crippen LogP contribution in [0.25, 0.3) is 33.3 Å². The molecule has 210 valence electrons. The Hall–Kier alpha value is -4.38. The summed E-state index contributed by atoms with van der Waals surface area (Å²) in [4.78, 5) is 36.3. The third-order valence-corrected chi connectivity index (χ3v) is 8.43. The molecular weight excluding hydrogens is 530 g/mol. The van der Waals surface area contributed by atoms with Gasteiger partial charge in [0.05, 0.1) is 16.8 Å². The molecule has 41 heavy (non-hydrogen) atoms. The van der Waals surface area contributed by atoms with E-state index in [0.29, 0.717) is 70.5 Å². The number of anilines is 2. The number of hydrogen-bond acceptors (Lipinski definition) is 7. The number of aryl methyl sites for hydroxylation is 1. The molecule has 0 bridgehead atoms. The van der Waals surface area contributed by atoms with E-state index in [9.17, 15) is 19.1 Å². The van der Waals surface area contributed by atoms with Crippen LogP contribution in [0.3, 0.4) is 0 Å². The molecule has 2 fully saturated rings. The van der Waals surface area contributed by atoms with E-state index in [2.05, 4.69) is 20.5 Å². The van der Waals surface area contributed by atoms with Crippen molar-refractivity contribution < 1.29 is 18.7 Å². The third kappa shape index (κ3) is 4.06. The van der Waals surface area contributed by atoms with Crippen LogP contribution in [0.2, 0.25) is 0 Å². The summed E-state index contributed by atoms with van der Waals surface area (Å²) in [5.74, 6) is -3.18. The number of nitrogens with one attached hydrogen (secondary N) is 2. The molecule has 1 unspecified atom stereocenters. The number of carboxylic acid groups (broad SMARTS) is 1. The number of pyridine rings is 3. The highest BCUT2D eigenvalue weighted by Gasteiger charge is 2.37. The predicted molar refractivity (Wildman–Crippen MR) is 152 cm³/mol. The SMILES string of the molecule is CNc1cc(F)c(F)c2c1Cc1ncc(-c3cnc4c(c3)c(=O)c(C(=O)O)cn4C)c(N3CCC(NC4CC4)C3)c1-2. The number of hydrogen-bond donors (Lipinski definition) is 3. The highest BCUT2D eigenvalue weighted by atomic mass is 19.2. The molecule has 3 aliphatic rings. The van der Waals surface area contributed by atoms with Gasteiger partial charge in [-0.3, -0.25) is 9.78 Å². The van der Waals surface area contributed by atoms with Gasteiger partial charge in [0.1, 0.15) is 11.2 Å². The van der Waals surface area contributed by atoms with Crippen LogP contribution in [0.15, 0.2) is 35.5 Å². The summed E-state index contributed by atoms with van der Waals surface area (Å²) in [5.41, 5.74) is 3.78. The molecule has 1 saturated heterocycles. The van der Waals surface area contributed by atoms with Gasteiger partial charge in [0.25, 0.3) is 0 Å². The van der Waals surface area contributed by atoms with E-state index < -0.39 is 23.0 Å². The maximum Gasteiger partial charge on any atom is 0.341 e. The number of carbonyl (C=O) groups is 1. The number of nitrogens with zero attached hydrogens (tertiary/aromatic N) is 4. The lowest BCUT2D eigenvalue weighted by Gasteiger charge is -2.26. The molecule has 1 saturated carbocycles. The maximum atomic E-state index is 15.6. The third-order valence-electron chi connectivity index (χ3n) is 8.43. The second-order valence-electron chi connectivity index (χ2n) is 11.1. The van der Waals surface area contributed by atoms with Gasteiger partial charge in [0.15, 0.2) is 11.6 Å². The Labute approximate surface area is 233 Å². The van der Waals surface area contributed by atoms with E-state index in [1.54, 1.807) is 32.6 Å². The van der Waals surface area contributed by atoms with Crippen molar-refractivity contribution in [3.8, 4) is 22.3 Å². The van der Waals surface area contributed by atoms with Crippen molar-refractivity contribution >= 4 is 28.4 Å². The van der Waals surface area contributed by atoms with E-state index in [1.807, 2.05) is 0 Å². The van der Waals surface area contributed by atoms with Crippen LogP contribution >= 0.6 is 0 Å². The maximum absolute atomic E-state index is 15.6. The molecule has 1 atom stereocenters. The molecule has 7 rings (SSSR count). The second kappa shape index (κ2) is 9.34. The minimum atomic E-state index is -1.32. The first kappa shape index (κ1) is 25.6. The Morgan fingerprint density at radius 3 is 2.63 bits per heavy atom. The lowest BCUT2D eigenvalue weighted by Crippen LogP contribution is -2.34. The summed E-state index contributed by atoms with van der Waals surface area (Å²) < 4.78 is 32.0. The smallest absolute Gasteiger partial charge is 0.341 e. The topological polar surface area (TPSA) is 112 Å². The van der Waals surface area contributed by atoms with Crippen LogP contribution in [0, 0.1) is 11.6 Å². The molecule has 11 heteroatoms. The molecule has 3 aromatic heterocycles. The number of aromatic carboxylic acids is 1. The van der Waals surface area contributed by atoms with Gasteiger partial charge in [-0.05, 0) is 30.9 Å². The molecule has 0 amide bonds. The van der Waals surface area contributed by atoms with Gasteiger partial charge in [0.2, 0.25) is 5.43 Å². The van der Waals surface area contributed by atoms with Crippen LogP contribution in [-0.4, -0.2) is 57.8 Å². The van der Waals surface area contributed by atoms with E-state index in [1.165, 1.54) is 16.8 Å². The van der Waals surface area contributed by atoms with Crippen molar-refractivity contribution in [2.45, 2.75) is 37.8 Å². The number of fused-ring (bicyclic) bond motifs is 4. The van der Waals surface area contributed by atoms with E-state index in [4.69, 9.17) is 4.98 Å². The zero-order valence-corrected chi connectivity index (χ0v) is 22.6. The molecule has 0 spiro atoms. The summed E-state index contributed by atoms with van der Waals surface area (Å²) in [6, 6.07) is 3.58. The molecular formula is C30H28F2N6O3. The van der Waals surface area contributed by atoms with E-state index >= 15 is 4.39 Å². The van der Waals surface area contributed by atoms with Crippen molar-refractivity contribution in [3.63, 3.8) is 0 Å². The number of rotatable bonds is 6. The van der Waals surface area contributed by atoms with Gasteiger partial charge >= 0.3 is 5.97 Å². The largest absolute Gasteiger partial charge is 0.477 e. The van der Waals surface area contributed by atoms with Crippen LogP contribution < -0.4 is 21.0 Å². The predicted octanol–water partition coefficient (Wildman–Crippen LogP) is 3.92. The number of carboxylic acids is 1. The van der Waals surface area contributed by atoms with Gasteiger partial charge in [0, 0.05) is 98.3 Å². The Balaban J connectivity index is 1.46. The van der Waals surface area contributed by atoms with Crippen molar-refractivity contribution in [2.24, 2.45) is 7.05 Å². The minimum Gasteiger partial charge on any atom is -0.477 e. The van der Waals surface area contributed by atoms with Crippen molar-refractivity contribution in [1.82, 2.24) is 19.9 Å². The Morgan fingerprint density at radius 2 is 1.90 bits per heavy atom. The fourth-order valence-corrected chi connectivity index (χ4v) is 6.32. The lowest BCUT2D eigenvalue weighted by atomic mass is 9.97. The van der Waals surface area contributed by atoms with E-state index in [-0.39, 0.29) is 22.6 Å². The standard InChI is InChI=1S/C30H28F2N6O3/c1-33-22-9-21(31)26(32)24-17(22)8-23-25(24)27(38-6-5-16(12-38)36-15-3-4-15)19(11-34-23)14-7-18-28(39)20(30(40)41)13-37(2)29(18)35-10-14/h7,9-11,13,15-16,33,36H,3-6,8,12H2,1-2H3,(H,40,41). The molecule has 4 heterocycles. The first-order valence-electron chi connectivity index (χ1n) is 13.7. The van der Waals surface area contributed by atoms with Crippen LogP contribution in [0.5, 0.6) is 0 Å². The fraction of sp³-hybridized carbons (Fsp3) is 0.333. The molecule has 4 aromatic rings. The second-order valence-corrected chi connectivity index (χ2v) is 11.1. The first-order valence-corrected chi connectivity index (χ1v) is 13.7. The quantitative estimate of drug-likeness (QED) is 0.288. The fourth-order valence-electron chi connectivity index (χ4n) is 6.32. The minimum absolute atomic E-state index is 0.154. The van der Waals surface area contributed by atoms with E-state index in [0.717, 1.165) is 19.3 Å². The molecule has 9 nitrogen and oxygen atoms in total. The van der Waals surface area contributed by atoms with Crippen molar-refractivity contribution in [1.29, 1.82) is 0 Å². The van der Waals surface area contributed by atoms with Gasteiger partial charge in [-0.25, -0.2) is 18.6 Å². The van der Waals surface area contributed by atoms with Gasteiger partial charge in [-0.2, -0.15) is 0 Å². The van der Waals surface area contributed by atoms with Gasteiger partial charge in [-0.15, -0.1) is 0 Å². The van der Waals surface area contributed by atoms with Gasteiger partial charge in [-0.1, -0.05) is 0 Å². The van der Waals surface area contributed by atoms with Crippen LogP contribution in [0.1, 0.15) is 40.9 Å². The summed E-state index contributed by atoms with van der Waals surface area (Å²) in [6.45, 7) is 1.38. The monoisotopic (exact) mass is 558 g/mol. The summed E-state index contributed by atoms with van der Waals surface area (Å²) in [5, 5.41) is 16.4. The molecule has 2 aliphatic carbocycles. The van der Waals surface area contributed by atoms with Crippen molar-refractivity contribution in [3.05, 3.63) is 69.4 Å². The van der Waals surface area contributed by atoms with Crippen LogP contribution in [0.4, 0.5) is 20.2 Å². The normalized spacial score (nSPS) is 17.7. The Morgan fingerprint density at radius 1 is 1.10 bits per heavy atom.